The number of rotatable bonds is 15. The summed E-state index contributed by atoms with van der Waals surface area (Å²) in [6.07, 6.45) is 6.87. The highest BCUT2D eigenvalue weighted by atomic mass is 32.2. The monoisotopic (exact) mass is 750 g/mol. The van der Waals surface area contributed by atoms with E-state index in [4.69, 9.17) is 0 Å². The molecule has 5 amide bonds. The highest BCUT2D eigenvalue weighted by Gasteiger charge is 2.70. The number of sulfonamides is 1. The van der Waals surface area contributed by atoms with Crippen LogP contribution in [0.25, 0.3) is 0 Å². The van der Waals surface area contributed by atoms with Crippen molar-refractivity contribution in [2.75, 3.05) is 18.8 Å². The molecule has 0 radical (unpaired) electrons. The molecular formula is C38H66N6O7S. The lowest BCUT2D eigenvalue weighted by molar-refractivity contribution is -0.145. The van der Waals surface area contributed by atoms with Gasteiger partial charge in [0.25, 0.3) is 5.91 Å². The van der Waals surface area contributed by atoms with Crippen LogP contribution < -0.4 is 21.3 Å². The van der Waals surface area contributed by atoms with Crippen molar-refractivity contribution in [1.29, 1.82) is 0 Å². The van der Waals surface area contributed by atoms with Crippen molar-refractivity contribution in [2.24, 2.45) is 22.7 Å². The number of carbonyl (C=O) groups excluding carboxylic acids is 5. The Morgan fingerprint density at radius 1 is 0.923 bits per heavy atom. The Balaban J connectivity index is 1.55. The van der Waals surface area contributed by atoms with Crippen molar-refractivity contribution >= 4 is 39.6 Å². The molecule has 1 saturated heterocycles. The summed E-state index contributed by atoms with van der Waals surface area (Å²) in [4.78, 5) is 70.1. The molecule has 296 valence electrons. The average molecular weight is 751 g/mol. The Kier molecular flexibility index (Phi) is 12.6. The van der Waals surface area contributed by atoms with Gasteiger partial charge in [-0.2, -0.15) is 4.31 Å². The van der Waals surface area contributed by atoms with Crippen LogP contribution >= 0.6 is 0 Å². The molecule has 0 aromatic carbocycles. The third-order valence-corrected chi connectivity index (χ3v) is 14.2. The zero-order chi connectivity index (χ0) is 39.0. The Labute approximate surface area is 312 Å². The van der Waals surface area contributed by atoms with Crippen LogP contribution in [0.3, 0.4) is 0 Å². The van der Waals surface area contributed by atoms with Crippen LogP contribution in [0.5, 0.6) is 0 Å². The molecule has 1 heterocycles. The average Bonchev–Trinajstić information content (AvgIpc) is 3.87. The molecule has 52 heavy (non-hydrogen) atoms. The molecule has 5 atom stereocenters. The first-order chi connectivity index (χ1) is 24.0. The van der Waals surface area contributed by atoms with Crippen LogP contribution in [0, 0.1) is 22.7 Å². The van der Waals surface area contributed by atoms with Gasteiger partial charge in [-0.3, -0.25) is 19.2 Å². The van der Waals surface area contributed by atoms with E-state index in [0.29, 0.717) is 38.8 Å². The van der Waals surface area contributed by atoms with Gasteiger partial charge in [0, 0.05) is 24.7 Å². The van der Waals surface area contributed by atoms with Gasteiger partial charge in [-0.25, -0.2) is 13.2 Å². The Bertz CT molecular complexity index is 1470. The Morgan fingerprint density at radius 3 is 2.06 bits per heavy atom. The van der Waals surface area contributed by atoms with E-state index >= 15 is 0 Å². The summed E-state index contributed by atoms with van der Waals surface area (Å²) in [5, 5.41) is 11.5. The van der Waals surface area contributed by atoms with Crippen LogP contribution in [-0.4, -0.2) is 101 Å². The molecule has 3 saturated carbocycles. The molecule has 0 aromatic rings. The topological polar surface area (TPSA) is 174 Å². The first-order valence-corrected chi connectivity index (χ1v) is 21.1. The molecule has 0 bridgehead atoms. The minimum absolute atomic E-state index is 0.000827. The number of carbonyl (C=O) groups is 5. The molecule has 4 rings (SSSR count). The molecule has 0 unspecified atom stereocenters. The lowest BCUT2D eigenvalue weighted by atomic mass is 9.83. The van der Waals surface area contributed by atoms with Crippen LogP contribution in [0.2, 0.25) is 0 Å². The number of fused-ring (bicyclic) bond motifs is 1. The Morgan fingerprint density at radius 2 is 1.54 bits per heavy atom. The fourth-order valence-corrected chi connectivity index (χ4v) is 11.1. The highest BCUT2D eigenvalue weighted by molar-refractivity contribution is 7.89. The van der Waals surface area contributed by atoms with E-state index in [1.54, 1.807) is 4.90 Å². The zero-order valence-corrected chi connectivity index (χ0v) is 34.1. The number of hydrogen-bond donors (Lipinski definition) is 4. The maximum absolute atomic E-state index is 14.6. The second kappa shape index (κ2) is 15.5. The van der Waals surface area contributed by atoms with Crippen LogP contribution in [0.1, 0.15) is 133 Å². The maximum atomic E-state index is 14.6. The van der Waals surface area contributed by atoms with Crippen LogP contribution in [0.15, 0.2) is 0 Å². The van der Waals surface area contributed by atoms with Gasteiger partial charge < -0.3 is 26.2 Å². The molecule has 3 aliphatic carbocycles. The van der Waals surface area contributed by atoms with E-state index in [-0.39, 0.29) is 29.0 Å². The second-order valence-electron chi connectivity index (χ2n) is 18.5. The smallest absolute Gasteiger partial charge is 0.315 e. The van der Waals surface area contributed by atoms with E-state index in [9.17, 15) is 32.4 Å². The normalized spacial score (nSPS) is 25.1. The highest BCUT2D eigenvalue weighted by Crippen LogP contribution is 2.65. The van der Waals surface area contributed by atoms with E-state index in [2.05, 4.69) is 35.1 Å². The number of nitrogens with zero attached hydrogens (tertiary/aromatic N) is 2. The molecule has 13 nitrogen and oxygen atoms in total. The summed E-state index contributed by atoms with van der Waals surface area (Å²) in [5.74, 6) is -2.58. The summed E-state index contributed by atoms with van der Waals surface area (Å²) < 4.78 is 29.1. The number of nitrogens with one attached hydrogen (secondary N) is 4. The number of urea groups is 1. The number of piperidine rings is 1. The van der Waals surface area contributed by atoms with E-state index in [0.717, 1.165) is 38.5 Å². The molecule has 1 aliphatic heterocycles. The predicted octanol–water partition coefficient (Wildman–Crippen LogP) is 3.86. The summed E-state index contributed by atoms with van der Waals surface area (Å²) in [6, 6.07) is -3.54. The third kappa shape index (κ3) is 9.49. The Hall–Kier alpha value is -2.74. The number of likely N-dealkylation sites (tertiary alicyclic amines) is 1. The van der Waals surface area contributed by atoms with Crippen molar-refractivity contribution in [3.8, 4) is 0 Å². The number of ketones is 1. The molecular weight excluding hydrogens is 685 g/mol. The van der Waals surface area contributed by atoms with Gasteiger partial charge in [0.05, 0.1) is 17.3 Å². The molecule has 4 fully saturated rings. The summed E-state index contributed by atoms with van der Waals surface area (Å²) in [7, 11) is -3.76. The first kappa shape index (κ1) is 42.0. The summed E-state index contributed by atoms with van der Waals surface area (Å²) in [5.41, 5.74) is -2.60. The number of amides is 5. The van der Waals surface area contributed by atoms with Gasteiger partial charge in [0.2, 0.25) is 27.6 Å². The van der Waals surface area contributed by atoms with E-state index < -0.39 is 74.2 Å². The van der Waals surface area contributed by atoms with Gasteiger partial charge in [-0.1, -0.05) is 80.6 Å². The van der Waals surface area contributed by atoms with E-state index in [1.807, 2.05) is 55.4 Å². The SMILES string of the molecule is CCCC[C@H](NC(=O)[C@@H]1[C@@H]2[C@H](CN1C(=O)[C@@H](NC(=O)NC1(CS(=O)(=O)N(CC)C(C)(C)C)CCCCC1)C(C)(C)C)C2(C)C)C(=O)C(=O)NC1CC1. The van der Waals surface area contributed by atoms with Crippen molar-refractivity contribution in [2.45, 2.75) is 169 Å². The standard InChI is InChI=1S/C38H66N6O7S/c1-11-13-17-26(29(45)32(47)39-24-18-19-24)40-31(46)28-27-25(37(27,9)10)22-43(28)33(48)30(35(3,4)5)41-34(49)42-38(20-15-14-16-21-38)23-52(50,51)44(12-2)36(6,7)8/h24-28,30H,11-23H2,1-10H3,(H,39,47)(H,40,46)(H2,41,42,49)/t25-,26-,27-,28-,30+/m0/s1. The molecule has 4 N–H and O–H groups in total. The summed E-state index contributed by atoms with van der Waals surface area (Å²) >= 11 is 0. The summed E-state index contributed by atoms with van der Waals surface area (Å²) in [6.45, 7) is 19.6. The second-order valence-corrected chi connectivity index (χ2v) is 20.4. The van der Waals surface area contributed by atoms with Crippen molar-refractivity contribution in [3.63, 3.8) is 0 Å². The lowest BCUT2D eigenvalue weighted by Crippen LogP contribution is -2.64. The van der Waals surface area contributed by atoms with Crippen LogP contribution in [0.4, 0.5) is 4.79 Å². The minimum Gasteiger partial charge on any atom is -0.347 e. The maximum Gasteiger partial charge on any atom is 0.315 e. The lowest BCUT2D eigenvalue weighted by Gasteiger charge is -2.42. The van der Waals surface area contributed by atoms with Crippen molar-refractivity contribution in [1.82, 2.24) is 30.5 Å². The van der Waals surface area contributed by atoms with Crippen molar-refractivity contribution in [3.05, 3.63) is 0 Å². The minimum atomic E-state index is -3.76. The molecule has 0 aromatic heterocycles. The zero-order valence-electron chi connectivity index (χ0n) is 33.3. The number of hydrogen-bond acceptors (Lipinski definition) is 7. The first-order valence-electron chi connectivity index (χ1n) is 19.5. The quantitative estimate of drug-likeness (QED) is 0.184. The van der Waals surface area contributed by atoms with Gasteiger partial charge >= 0.3 is 6.03 Å². The van der Waals surface area contributed by atoms with Crippen LogP contribution in [-0.2, 0) is 29.2 Å². The number of Topliss-reactive ketones (excluding diaryl/α,β-unsaturated/α-hetero) is 1. The van der Waals surface area contributed by atoms with Crippen molar-refractivity contribution < 1.29 is 32.4 Å². The van der Waals surface area contributed by atoms with Gasteiger partial charge in [-0.15, -0.1) is 0 Å². The van der Waals surface area contributed by atoms with Gasteiger partial charge in [-0.05, 0) is 75.5 Å². The van der Waals surface area contributed by atoms with Gasteiger partial charge in [0.1, 0.15) is 12.1 Å². The molecule has 4 aliphatic rings. The third-order valence-electron chi connectivity index (χ3n) is 11.8. The van der Waals surface area contributed by atoms with Gasteiger partial charge in [0.15, 0.2) is 0 Å². The fraction of sp³-hybridized carbons (Fsp3) is 0.868. The van der Waals surface area contributed by atoms with E-state index in [1.165, 1.54) is 4.31 Å². The predicted molar refractivity (Wildman–Crippen MR) is 201 cm³/mol. The molecule has 14 heteroatoms. The molecule has 0 spiro atoms. The number of unbranched alkanes of at least 4 members (excludes halogenated alkanes) is 1. The largest absolute Gasteiger partial charge is 0.347 e. The fourth-order valence-electron chi connectivity index (χ4n) is 8.66.